The maximum Gasteiger partial charge on any atom is 0.167 e. The minimum absolute atomic E-state index is 0.0677. The molecule has 0 N–H and O–H groups in total. The number of aromatic nitrogens is 3. The molecule has 23 heavy (non-hydrogen) atoms. The Bertz CT molecular complexity index is 734. The van der Waals surface area contributed by atoms with Gasteiger partial charge in [-0.1, -0.05) is 49.7 Å². The van der Waals surface area contributed by atoms with Gasteiger partial charge in [-0.15, -0.1) is 0 Å². The van der Waals surface area contributed by atoms with E-state index in [0.717, 1.165) is 29.2 Å². The van der Waals surface area contributed by atoms with Crippen LogP contribution in [-0.2, 0) is 6.42 Å². The fourth-order valence-electron chi connectivity index (χ4n) is 3.16. The van der Waals surface area contributed by atoms with E-state index in [2.05, 4.69) is 48.6 Å². The number of hydrogen-bond donors (Lipinski definition) is 0. The average molecular weight is 376 g/mol. The summed E-state index contributed by atoms with van der Waals surface area (Å²) in [4.78, 5) is 17.3. The Hall–Kier alpha value is -1.49. The van der Waals surface area contributed by atoms with E-state index in [9.17, 15) is 4.79 Å². The molecule has 2 aromatic heterocycles. The van der Waals surface area contributed by atoms with Crippen LogP contribution < -0.4 is 0 Å². The quantitative estimate of drug-likeness (QED) is 0.741. The van der Waals surface area contributed by atoms with Crippen molar-refractivity contribution in [1.29, 1.82) is 0 Å². The number of rotatable bonds is 3. The van der Waals surface area contributed by atoms with Gasteiger partial charge in [-0.2, -0.15) is 5.10 Å². The van der Waals surface area contributed by atoms with Crippen molar-refractivity contribution in [3.63, 3.8) is 0 Å². The molecule has 3 rings (SSSR count). The van der Waals surface area contributed by atoms with Gasteiger partial charge in [0.1, 0.15) is 0 Å². The molecule has 0 fully saturated rings. The standard InChI is InChI=1S/C18H22BrN3O/c1-11(2)9-12-15-13(23)10-18(3,4)17(19)16(15)22(21-12)14-7-5-6-8-20-14/h5-8,11,17H,9-10H2,1-4H3. The van der Waals surface area contributed by atoms with E-state index >= 15 is 0 Å². The fraction of sp³-hybridized carbons (Fsp3) is 0.500. The maximum atomic E-state index is 12.8. The Balaban J connectivity index is 2.24. The summed E-state index contributed by atoms with van der Waals surface area (Å²) in [6.45, 7) is 8.53. The van der Waals surface area contributed by atoms with Gasteiger partial charge in [-0.05, 0) is 29.9 Å². The second-order valence-corrected chi connectivity index (χ2v) is 8.27. The third-order valence-electron chi connectivity index (χ3n) is 4.28. The first-order chi connectivity index (χ1) is 10.8. The zero-order chi connectivity index (χ0) is 16.8. The van der Waals surface area contributed by atoms with Crippen molar-refractivity contribution in [2.24, 2.45) is 11.3 Å². The van der Waals surface area contributed by atoms with Crippen molar-refractivity contribution in [2.75, 3.05) is 0 Å². The molecule has 0 amide bonds. The number of halogens is 1. The molecule has 1 aliphatic carbocycles. The molecule has 0 saturated heterocycles. The summed E-state index contributed by atoms with van der Waals surface area (Å²) >= 11 is 3.82. The molecular weight excluding hydrogens is 354 g/mol. The molecular formula is C18H22BrN3O. The van der Waals surface area contributed by atoms with Crippen LogP contribution in [0.25, 0.3) is 5.82 Å². The van der Waals surface area contributed by atoms with Gasteiger partial charge in [0.05, 0.1) is 21.8 Å². The van der Waals surface area contributed by atoms with Gasteiger partial charge in [0.15, 0.2) is 11.6 Å². The molecule has 4 nitrogen and oxygen atoms in total. The lowest BCUT2D eigenvalue weighted by Crippen LogP contribution is -2.30. The van der Waals surface area contributed by atoms with Gasteiger partial charge in [0.25, 0.3) is 0 Å². The monoisotopic (exact) mass is 375 g/mol. The van der Waals surface area contributed by atoms with Crippen molar-refractivity contribution in [3.8, 4) is 5.82 Å². The number of carbonyl (C=O) groups excluding carboxylic acids is 1. The topological polar surface area (TPSA) is 47.8 Å². The molecule has 2 heterocycles. The van der Waals surface area contributed by atoms with E-state index in [0.29, 0.717) is 12.3 Å². The van der Waals surface area contributed by atoms with E-state index in [1.807, 2.05) is 22.9 Å². The number of ketones is 1. The van der Waals surface area contributed by atoms with Crippen LogP contribution in [0.15, 0.2) is 24.4 Å². The molecule has 0 bridgehead atoms. The molecule has 0 aromatic carbocycles. The van der Waals surface area contributed by atoms with Crippen molar-refractivity contribution in [2.45, 2.75) is 45.4 Å². The number of nitrogens with zero attached hydrogens (tertiary/aromatic N) is 3. The minimum Gasteiger partial charge on any atom is -0.294 e. The smallest absolute Gasteiger partial charge is 0.167 e. The first-order valence-corrected chi connectivity index (χ1v) is 8.93. The highest BCUT2D eigenvalue weighted by atomic mass is 79.9. The summed E-state index contributed by atoms with van der Waals surface area (Å²) in [5.74, 6) is 1.40. The van der Waals surface area contributed by atoms with Gasteiger partial charge in [0.2, 0.25) is 0 Å². The third-order valence-corrected chi connectivity index (χ3v) is 5.96. The van der Waals surface area contributed by atoms with Crippen LogP contribution in [0.3, 0.4) is 0 Å². The Kier molecular flexibility index (Phi) is 4.17. The van der Waals surface area contributed by atoms with Gasteiger partial charge in [0, 0.05) is 12.6 Å². The van der Waals surface area contributed by atoms with Crippen molar-refractivity contribution >= 4 is 21.7 Å². The van der Waals surface area contributed by atoms with E-state index in [4.69, 9.17) is 5.10 Å². The second-order valence-electron chi connectivity index (χ2n) is 7.36. The molecule has 0 radical (unpaired) electrons. The molecule has 0 aliphatic heterocycles. The Labute approximate surface area is 145 Å². The zero-order valence-electron chi connectivity index (χ0n) is 14.0. The number of carbonyl (C=O) groups is 1. The summed E-state index contributed by atoms with van der Waals surface area (Å²) in [6, 6.07) is 5.75. The lowest BCUT2D eigenvalue weighted by Gasteiger charge is -2.34. The molecule has 1 aliphatic rings. The lowest BCUT2D eigenvalue weighted by molar-refractivity contribution is 0.0908. The minimum atomic E-state index is -0.147. The normalized spacial score (nSPS) is 19.9. The Morgan fingerprint density at radius 1 is 1.39 bits per heavy atom. The van der Waals surface area contributed by atoms with Gasteiger partial charge in [-0.25, -0.2) is 9.67 Å². The van der Waals surface area contributed by atoms with Crippen molar-refractivity contribution in [3.05, 3.63) is 41.3 Å². The average Bonchev–Trinajstić information content (AvgIpc) is 2.84. The van der Waals surface area contributed by atoms with Crippen molar-refractivity contribution < 1.29 is 4.79 Å². The number of alkyl halides is 1. The van der Waals surface area contributed by atoms with E-state index in [-0.39, 0.29) is 16.0 Å². The van der Waals surface area contributed by atoms with Crippen LogP contribution in [0, 0.1) is 11.3 Å². The van der Waals surface area contributed by atoms with Gasteiger partial charge >= 0.3 is 0 Å². The fourth-order valence-corrected chi connectivity index (χ4v) is 3.75. The van der Waals surface area contributed by atoms with Gasteiger partial charge < -0.3 is 0 Å². The van der Waals surface area contributed by atoms with E-state index in [1.54, 1.807) is 6.20 Å². The van der Waals surface area contributed by atoms with Crippen LogP contribution in [0.2, 0.25) is 0 Å². The van der Waals surface area contributed by atoms with E-state index < -0.39 is 0 Å². The third kappa shape index (κ3) is 2.87. The van der Waals surface area contributed by atoms with E-state index in [1.165, 1.54) is 0 Å². The molecule has 0 saturated carbocycles. The predicted octanol–water partition coefficient (Wildman–Crippen LogP) is 4.51. The largest absolute Gasteiger partial charge is 0.294 e. The van der Waals surface area contributed by atoms with Crippen LogP contribution >= 0.6 is 15.9 Å². The highest BCUT2D eigenvalue weighted by Crippen LogP contribution is 2.50. The molecule has 2 aromatic rings. The highest BCUT2D eigenvalue weighted by Gasteiger charge is 2.43. The lowest BCUT2D eigenvalue weighted by atomic mass is 9.75. The molecule has 1 unspecified atom stereocenters. The number of hydrogen-bond acceptors (Lipinski definition) is 3. The first kappa shape index (κ1) is 16.4. The zero-order valence-corrected chi connectivity index (χ0v) is 15.6. The number of fused-ring (bicyclic) bond motifs is 1. The Morgan fingerprint density at radius 2 is 2.13 bits per heavy atom. The predicted molar refractivity (Wildman–Crippen MR) is 94.3 cm³/mol. The summed E-state index contributed by atoms with van der Waals surface area (Å²) in [6.07, 6.45) is 3.09. The molecule has 1 atom stereocenters. The van der Waals surface area contributed by atoms with Gasteiger partial charge in [-0.3, -0.25) is 4.79 Å². The summed E-state index contributed by atoms with van der Waals surface area (Å²) in [5.41, 5.74) is 2.49. The summed E-state index contributed by atoms with van der Waals surface area (Å²) < 4.78 is 1.85. The molecule has 5 heteroatoms. The van der Waals surface area contributed by atoms with Crippen LogP contribution in [0.5, 0.6) is 0 Å². The summed E-state index contributed by atoms with van der Waals surface area (Å²) in [5, 5.41) is 4.77. The SMILES string of the molecule is CC(C)Cc1nn(-c2ccccn2)c2c1C(=O)CC(C)(C)C2Br. The summed E-state index contributed by atoms with van der Waals surface area (Å²) in [7, 11) is 0. The van der Waals surface area contributed by atoms with Crippen LogP contribution in [0.1, 0.15) is 60.7 Å². The molecule has 0 spiro atoms. The maximum absolute atomic E-state index is 12.8. The molecule has 122 valence electrons. The number of pyridine rings is 1. The number of Topliss-reactive ketones (excluding diaryl/α,β-unsaturated/α-hetero) is 1. The van der Waals surface area contributed by atoms with Crippen molar-refractivity contribution in [1.82, 2.24) is 14.8 Å². The highest BCUT2D eigenvalue weighted by molar-refractivity contribution is 9.09. The van der Waals surface area contributed by atoms with Crippen LogP contribution in [-0.4, -0.2) is 20.5 Å². The van der Waals surface area contributed by atoms with Crippen LogP contribution in [0.4, 0.5) is 0 Å². The Morgan fingerprint density at radius 3 is 2.74 bits per heavy atom. The first-order valence-electron chi connectivity index (χ1n) is 8.01. The second kappa shape index (κ2) is 5.86.